The van der Waals surface area contributed by atoms with E-state index in [0.29, 0.717) is 17.9 Å². The minimum Gasteiger partial charge on any atom is -0.322 e. The lowest BCUT2D eigenvalue weighted by Gasteiger charge is -2.29. The lowest BCUT2D eigenvalue weighted by atomic mass is 10.0. The third-order valence-corrected chi connectivity index (χ3v) is 5.34. The first-order valence-electron chi connectivity index (χ1n) is 7.92. The zero-order valence-electron chi connectivity index (χ0n) is 14.0. The van der Waals surface area contributed by atoms with Gasteiger partial charge in [-0.2, -0.15) is 0 Å². The van der Waals surface area contributed by atoms with E-state index in [0.717, 1.165) is 24.7 Å². The highest BCUT2D eigenvalue weighted by Crippen LogP contribution is 2.31. The molecule has 1 aliphatic heterocycles. The lowest BCUT2D eigenvalue weighted by molar-refractivity contribution is -0.384. The van der Waals surface area contributed by atoms with E-state index in [-0.39, 0.29) is 11.3 Å². The Morgan fingerprint density at radius 2 is 1.88 bits per heavy atom. The van der Waals surface area contributed by atoms with Crippen LogP contribution < -0.4 is 9.62 Å². The molecule has 0 fully saturated rings. The van der Waals surface area contributed by atoms with Gasteiger partial charge in [0.25, 0.3) is 11.6 Å². The van der Waals surface area contributed by atoms with Gasteiger partial charge >= 0.3 is 0 Å². The summed E-state index contributed by atoms with van der Waals surface area (Å²) in [5.41, 5.74) is 2.12. The van der Waals surface area contributed by atoms with Crippen LogP contribution in [0.4, 0.5) is 17.1 Å². The van der Waals surface area contributed by atoms with Crippen molar-refractivity contribution in [1.82, 2.24) is 0 Å². The summed E-state index contributed by atoms with van der Waals surface area (Å²) in [6, 6.07) is 10.4. The zero-order chi connectivity index (χ0) is 18.9. The molecule has 2 aromatic rings. The van der Waals surface area contributed by atoms with Crippen molar-refractivity contribution in [2.45, 2.75) is 12.8 Å². The number of nitro groups is 1. The smallest absolute Gasteiger partial charge is 0.269 e. The summed E-state index contributed by atoms with van der Waals surface area (Å²) >= 11 is 0. The number of aryl methyl sites for hydroxylation is 1. The average molecular weight is 375 g/mol. The maximum atomic E-state index is 12.3. The highest BCUT2D eigenvalue weighted by molar-refractivity contribution is 7.92. The maximum Gasteiger partial charge on any atom is 0.269 e. The highest BCUT2D eigenvalue weighted by atomic mass is 32.2. The van der Waals surface area contributed by atoms with Crippen LogP contribution in [0.2, 0.25) is 0 Å². The van der Waals surface area contributed by atoms with Crippen LogP contribution in [0, 0.1) is 10.1 Å². The molecule has 8 nitrogen and oxygen atoms in total. The highest BCUT2D eigenvalue weighted by Gasteiger charge is 2.24. The second-order valence-corrected chi connectivity index (χ2v) is 7.95. The fraction of sp³-hybridized carbons (Fsp3) is 0.235. The quantitative estimate of drug-likeness (QED) is 0.652. The van der Waals surface area contributed by atoms with Gasteiger partial charge in [0.15, 0.2) is 0 Å². The molecule has 0 aromatic heterocycles. The number of amides is 1. The number of carbonyl (C=O) groups is 1. The molecule has 0 aliphatic carbocycles. The normalized spacial score (nSPS) is 13.8. The largest absolute Gasteiger partial charge is 0.322 e. The molecule has 9 heteroatoms. The number of non-ortho nitro benzene ring substituents is 1. The number of benzene rings is 2. The number of nitrogens with one attached hydrogen (secondary N) is 1. The lowest BCUT2D eigenvalue weighted by Crippen LogP contribution is -2.34. The Kier molecular flexibility index (Phi) is 4.64. The van der Waals surface area contributed by atoms with Gasteiger partial charge in [-0.1, -0.05) is 6.07 Å². The number of sulfonamides is 1. The molecule has 0 unspecified atom stereocenters. The van der Waals surface area contributed by atoms with Crippen molar-refractivity contribution in [1.29, 1.82) is 0 Å². The monoisotopic (exact) mass is 375 g/mol. The van der Waals surface area contributed by atoms with Gasteiger partial charge in [0.05, 0.1) is 16.9 Å². The molecule has 0 saturated carbocycles. The number of nitro benzene ring substituents is 1. The summed E-state index contributed by atoms with van der Waals surface area (Å²) in [5, 5.41) is 13.4. The van der Waals surface area contributed by atoms with Crippen LogP contribution in [-0.4, -0.2) is 32.0 Å². The molecule has 2 aromatic carbocycles. The first-order valence-corrected chi connectivity index (χ1v) is 9.77. The first-order chi connectivity index (χ1) is 12.3. The van der Waals surface area contributed by atoms with E-state index in [1.165, 1.54) is 28.6 Å². The average Bonchev–Trinajstić information content (AvgIpc) is 2.60. The molecule has 1 heterocycles. The second-order valence-electron chi connectivity index (χ2n) is 6.04. The Labute approximate surface area is 150 Å². The number of hydrogen-bond donors (Lipinski definition) is 1. The van der Waals surface area contributed by atoms with Crippen molar-refractivity contribution in [3.63, 3.8) is 0 Å². The number of hydrogen-bond acceptors (Lipinski definition) is 5. The second kappa shape index (κ2) is 6.75. The molecular formula is C17H17N3O5S. The molecule has 1 aliphatic rings. The van der Waals surface area contributed by atoms with E-state index in [9.17, 15) is 23.3 Å². The zero-order valence-corrected chi connectivity index (χ0v) is 14.8. The van der Waals surface area contributed by atoms with Crippen molar-refractivity contribution in [3.8, 4) is 0 Å². The summed E-state index contributed by atoms with van der Waals surface area (Å²) in [6.07, 6.45) is 2.68. The van der Waals surface area contributed by atoms with E-state index in [4.69, 9.17) is 0 Å². The number of anilines is 2. The third-order valence-electron chi connectivity index (χ3n) is 4.16. The Balaban J connectivity index is 1.84. The minimum absolute atomic E-state index is 0.0980. The van der Waals surface area contributed by atoms with Crippen molar-refractivity contribution in [2.24, 2.45) is 0 Å². The van der Waals surface area contributed by atoms with Crippen molar-refractivity contribution >= 4 is 33.0 Å². The fourth-order valence-corrected chi connectivity index (χ4v) is 3.89. The van der Waals surface area contributed by atoms with Crippen LogP contribution >= 0.6 is 0 Å². The molecule has 1 amide bonds. The molecule has 1 N–H and O–H groups in total. The van der Waals surface area contributed by atoms with E-state index >= 15 is 0 Å². The molecule has 0 radical (unpaired) electrons. The van der Waals surface area contributed by atoms with Gasteiger partial charge in [0.1, 0.15) is 0 Å². The molecule has 26 heavy (non-hydrogen) atoms. The van der Waals surface area contributed by atoms with Gasteiger partial charge in [-0.05, 0) is 42.7 Å². The standard InChI is InChI=1S/C17H17N3O5S/c1-26(24,25)19-10-2-3-12-4-7-14(11-16(12)19)18-17(21)13-5-8-15(9-6-13)20(22)23/h4-9,11H,2-3,10H2,1H3,(H,18,21). The Morgan fingerprint density at radius 1 is 1.19 bits per heavy atom. The van der Waals surface area contributed by atoms with Crippen LogP contribution in [-0.2, 0) is 16.4 Å². The summed E-state index contributed by atoms with van der Waals surface area (Å²) in [5.74, 6) is -0.429. The van der Waals surface area contributed by atoms with E-state index in [1.807, 2.05) is 0 Å². The fourth-order valence-electron chi connectivity index (χ4n) is 2.90. The van der Waals surface area contributed by atoms with Crippen molar-refractivity contribution in [2.75, 3.05) is 22.4 Å². The van der Waals surface area contributed by atoms with Crippen molar-refractivity contribution < 1.29 is 18.1 Å². The van der Waals surface area contributed by atoms with Gasteiger partial charge in [-0.25, -0.2) is 8.42 Å². The van der Waals surface area contributed by atoms with E-state index < -0.39 is 20.9 Å². The van der Waals surface area contributed by atoms with Crippen LogP contribution in [0.3, 0.4) is 0 Å². The number of carbonyl (C=O) groups excluding carboxylic acids is 1. The minimum atomic E-state index is -3.39. The topological polar surface area (TPSA) is 110 Å². The number of fused-ring (bicyclic) bond motifs is 1. The third kappa shape index (κ3) is 3.67. The molecule has 0 atom stereocenters. The number of rotatable bonds is 4. The van der Waals surface area contributed by atoms with Crippen molar-refractivity contribution in [3.05, 3.63) is 63.7 Å². The molecule has 0 saturated heterocycles. The summed E-state index contributed by atoms with van der Waals surface area (Å²) < 4.78 is 25.3. The Hall–Kier alpha value is -2.94. The van der Waals surface area contributed by atoms with Crippen LogP contribution in [0.25, 0.3) is 0 Å². The van der Waals surface area contributed by atoms with Gasteiger partial charge in [-0.15, -0.1) is 0 Å². The molecule has 136 valence electrons. The predicted molar refractivity (Wildman–Crippen MR) is 98.0 cm³/mol. The molecule has 0 bridgehead atoms. The SMILES string of the molecule is CS(=O)(=O)N1CCCc2ccc(NC(=O)c3ccc([N+](=O)[O-])cc3)cc21. The summed E-state index contributed by atoms with van der Waals surface area (Å²) in [4.78, 5) is 22.5. The summed E-state index contributed by atoms with van der Waals surface area (Å²) in [7, 11) is -3.39. The Bertz CT molecular complexity index is 970. The molecule has 3 rings (SSSR count). The van der Waals surface area contributed by atoms with E-state index in [1.54, 1.807) is 18.2 Å². The first kappa shape index (κ1) is 17.9. The van der Waals surface area contributed by atoms with Gasteiger partial charge in [-0.3, -0.25) is 19.2 Å². The van der Waals surface area contributed by atoms with Crippen LogP contribution in [0.15, 0.2) is 42.5 Å². The molecular weight excluding hydrogens is 358 g/mol. The summed E-state index contributed by atoms with van der Waals surface area (Å²) in [6.45, 7) is 0.408. The van der Waals surface area contributed by atoms with Gasteiger partial charge in [0, 0.05) is 29.9 Å². The predicted octanol–water partition coefficient (Wildman–Crippen LogP) is 2.56. The Morgan fingerprint density at radius 3 is 2.50 bits per heavy atom. The number of nitrogens with zero attached hydrogens (tertiary/aromatic N) is 2. The maximum absolute atomic E-state index is 12.3. The van der Waals surface area contributed by atoms with Crippen LogP contribution in [0.5, 0.6) is 0 Å². The molecule has 0 spiro atoms. The van der Waals surface area contributed by atoms with E-state index in [2.05, 4.69) is 5.32 Å². The van der Waals surface area contributed by atoms with Crippen LogP contribution in [0.1, 0.15) is 22.3 Å². The van der Waals surface area contributed by atoms with Gasteiger partial charge in [0.2, 0.25) is 10.0 Å². The van der Waals surface area contributed by atoms with Gasteiger partial charge < -0.3 is 5.32 Å².